The maximum Gasteiger partial charge on any atom is 0.179 e. The Hall–Kier alpha value is -1.55. The van der Waals surface area contributed by atoms with Gasteiger partial charge in [-0.3, -0.25) is 9.48 Å². The number of carbonyl (C=O) groups excluding carboxylic acids is 1. The van der Waals surface area contributed by atoms with Crippen molar-refractivity contribution >= 4 is 17.4 Å². The highest BCUT2D eigenvalue weighted by atomic mass is 35.5. The molecule has 0 aromatic carbocycles. The summed E-state index contributed by atoms with van der Waals surface area (Å²) in [6, 6.07) is 3.87. The molecule has 0 spiro atoms. The molecule has 0 bridgehead atoms. The van der Waals surface area contributed by atoms with Crippen LogP contribution in [0.15, 0.2) is 18.3 Å². The minimum Gasteiger partial charge on any atom is -0.342 e. The summed E-state index contributed by atoms with van der Waals surface area (Å²) in [6.45, 7) is 4.60. The van der Waals surface area contributed by atoms with Crippen LogP contribution >= 0.6 is 11.6 Å². The van der Waals surface area contributed by atoms with E-state index < -0.39 is 0 Å². The van der Waals surface area contributed by atoms with Crippen molar-refractivity contribution in [3.05, 3.63) is 41.0 Å². The van der Waals surface area contributed by atoms with Gasteiger partial charge in [0.05, 0.1) is 18.1 Å². The standard InChI is InChI=1S/C13H16ClN3O/c1-9-6-12(13(18)7-14)10(2)17(9)8-11-4-5-16(3)15-11/h4-6H,7-8H2,1-3H3. The molecule has 96 valence electrons. The lowest BCUT2D eigenvalue weighted by molar-refractivity contribution is 0.102. The second kappa shape index (κ2) is 4.98. The molecule has 2 aromatic rings. The molecule has 5 heteroatoms. The topological polar surface area (TPSA) is 39.8 Å². The molecule has 0 radical (unpaired) electrons. The Kier molecular flexibility index (Phi) is 3.57. The third-order valence-corrected chi connectivity index (χ3v) is 3.33. The third-order valence-electron chi connectivity index (χ3n) is 3.08. The van der Waals surface area contributed by atoms with Crippen molar-refractivity contribution in [2.45, 2.75) is 20.4 Å². The van der Waals surface area contributed by atoms with Gasteiger partial charge in [-0.05, 0) is 26.0 Å². The highest BCUT2D eigenvalue weighted by molar-refractivity contribution is 6.30. The van der Waals surface area contributed by atoms with Crippen LogP contribution in [0.3, 0.4) is 0 Å². The Morgan fingerprint density at radius 2 is 2.17 bits per heavy atom. The molecule has 0 saturated heterocycles. The van der Waals surface area contributed by atoms with Gasteiger partial charge < -0.3 is 4.57 Å². The van der Waals surface area contributed by atoms with Crippen LogP contribution in [-0.4, -0.2) is 26.0 Å². The van der Waals surface area contributed by atoms with E-state index in [1.807, 2.05) is 39.2 Å². The van der Waals surface area contributed by atoms with Gasteiger partial charge in [-0.1, -0.05) is 0 Å². The maximum atomic E-state index is 11.7. The van der Waals surface area contributed by atoms with E-state index in [4.69, 9.17) is 11.6 Å². The average Bonchev–Trinajstić information content (AvgIpc) is 2.87. The number of nitrogens with zero attached hydrogens (tertiary/aromatic N) is 3. The van der Waals surface area contributed by atoms with Gasteiger partial charge in [0.2, 0.25) is 0 Å². The van der Waals surface area contributed by atoms with E-state index in [1.54, 1.807) is 4.68 Å². The third kappa shape index (κ3) is 2.34. The quantitative estimate of drug-likeness (QED) is 0.629. The Bertz CT molecular complexity index is 583. The molecule has 0 aliphatic carbocycles. The lowest BCUT2D eigenvalue weighted by atomic mass is 10.2. The summed E-state index contributed by atoms with van der Waals surface area (Å²) in [5, 5.41) is 4.35. The lowest BCUT2D eigenvalue weighted by Gasteiger charge is -2.07. The highest BCUT2D eigenvalue weighted by Gasteiger charge is 2.15. The molecule has 2 aromatic heterocycles. The largest absolute Gasteiger partial charge is 0.342 e. The van der Waals surface area contributed by atoms with Crippen LogP contribution in [0, 0.1) is 13.8 Å². The SMILES string of the molecule is Cc1cc(C(=O)CCl)c(C)n1Cc1ccn(C)n1. The zero-order valence-electron chi connectivity index (χ0n) is 10.8. The van der Waals surface area contributed by atoms with Gasteiger partial charge in [0.25, 0.3) is 0 Å². The fourth-order valence-electron chi connectivity index (χ4n) is 2.11. The number of carbonyl (C=O) groups is 1. The molecule has 2 rings (SSSR count). The zero-order valence-corrected chi connectivity index (χ0v) is 11.5. The number of ketones is 1. The Morgan fingerprint density at radius 3 is 2.72 bits per heavy atom. The zero-order chi connectivity index (χ0) is 13.3. The number of aromatic nitrogens is 3. The molecule has 0 aliphatic rings. The van der Waals surface area contributed by atoms with E-state index in [9.17, 15) is 4.79 Å². The smallest absolute Gasteiger partial charge is 0.179 e. The molecular formula is C13H16ClN3O. The first kappa shape index (κ1) is 12.9. The predicted octanol–water partition coefficient (Wildman–Crippen LogP) is 2.31. The molecular weight excluding hydrogens is 250 g/mol. The van der Waals surface area contributed by atoms with Gasteiger partial charge in [0, 0.05) is 30.2 Å². The number of alkyl halides is 1. The van der Waals surface area contributed by atoms with Gasteiger partial charge >= 0.3 is 0 Å². The van der Waals surface area contributed by atoms with E-state index in [0.717, 1.165) is 17.1 Å². The molecule has 2 heterocycles. The first-order valence-corrected chi connectivity index (χ1v) is 6.30. The molecule has 0 N–H and O–H groups in total. The molecule has 0 amide bonds. The Balaban J connectivity index is 2.34. The summed E-state index contributed by atoms with van der Waals surface area (Å²) < 4.78 is 3.86. The van der Waals surface area contributed by atoms with Crippen molar-refractivity contribution in [2.75, 3.05) is 5.88 Å². The minimum absolute atomic E-state index is 0.0217. The summed E-state index contributed by atoms with van der Waals surface area (Å²) >= 11 is 5.61. The minimum atomic E-state index is -0.0305. The first-order valence-electron chi connectivity index (χ1n) is 5.77. The van der Waals surface area contributed by atoms with Crippen LogP contribution in [0.2, 0.25) is 0 Å². The monoisotopic (exact) mass is 265 g/mol. The molecule has 18 heavy (non-hydrogen) atoms. The molecule has 0 fully saturated rings. The van der Waals surface area contributed by atoms with Gasteiger partial charge in [-0.15, -0.1) is 11.6 Å². The number of aryl methyl sites for hydroxylation is 2. The van der Waals surface area contributed by atoms with Crippen LogP contribution < -0.4 is 0 Å². The summed E-state index contributed by atoms with van der Waals surface area (Å²) in [4.78, 5) is 11.7. The van der Waals surface area contributed by atoms with E-state index in [-0.39, 0.29) is 11.7 Å². The molecule has 0 saturated carbocycles. The average molecular weight is 266 g/mol. The van der Waals surface area contributed by atoms with Gasteiger partial charge in [0.15, 0.2) is 5.78 Å². The molecule has 0 aliphatic heterocycles. The molecule has 0 unspecified atom stereocenters. The van der Waals surface area contributed by atoms with Crippen molar-refractivity contribution in [2.24, 2.45) is 7.05 Å². The summed E-state index contributed by atoms with van der Waals surface area (Å²) in [7, 11) is 1.89. The number of Topliss-reactive ketones (excluding diaryl/α,β-unsaturated/α-hetero) is 1. The van der Waals surface area contributed by atoms with Crippen molar-refractivity contribution in [3.63, 3.8) is 0 Å². The first-order chi connectivity index (χ1) is 8.52. The molecule has 0 atom stereocenters. The molecule has 4 nitrogen and oxygen atoms in total. The predicted molar refractivity (Wildman–Crippen MR) is 71.3 cm³/mol. The summed E-state index contributed by atoms with van der Waals surface area (Å²) in [6.07, 6.45) is 1.91. The normalized spacial score (nSPS) is 10.9. The fourth-order valence-corrected chi connectivity index (χ4v) is 2.25. The Labute approximate surface area is 111 Å². The van der Waals surface area contributed by atoms with E-state index in [0.29, 0.717) is 12.1 Å². The number of halogens is 1. The maximum absolute atomic E-state index is 11.7. The van der Waals surface area contributed by atoms with Gasteiger partial charge in [-0.25, -0.2) is 0 Å². The van der Waals surface area contributed by atoms with Crippen molar-refractivity contribution in [1.29, 1.82) is 0 Å². The van der Waals surface area contributed by atoms with E-state index in [1.165, 1.54) is 0 Å². The number of rotatable bonds is 4. The van der Waals surface area contributed by atoms with Crippen molar-refractivity contribution in [3.8, 4) is 0 Å². The van der Waals surface area contributed by atoms with E-state index in [2.05, 4.69) is 9.67 Å². The lowest BCUT2D eigenvalue weighted by Crippen LogP contribution is -2.07. The van der Waals surface area contributed by atoms with E-state index >= 15 is 0 Å². The highest BCUT2D eigenvalue weighted by Crippen LogP contribution is 2.17. The van der Waals surface area contributed by atoms with Crippen LogP contribution in [0.5, 0.6) is 0 Å². The van der Waals surface area contributed by atoms with Gasteiger partial charge in [-0.2, -0.15) is 5.10 Å². The Morgan fingerprint density at radius 1 is 1.44 bits per heavy atom. The van der Waals surface area contributed by atoms with Crippen LogP contribution in [-0.2, 0) is 13.6 Å². The fraction of sp³-hybridized carbons (Fsp3) is 0.385. The van der Waals surface area contributed by atoms with Crippen LogP contribution in [0.1, 0.15) is 27.4 Å². The van der Waals surface area contributed by atoms with Gasteiger partial charge in [0.1, 0.15) is 0 Å². The van der Waals surface area contributed by atoms with Crippen LogP contribution in [0.4, 0.5) is 0 Å². The number of hydrogen-bond acceptors (Lipinski definition) is 2. The van der Waals surface area contributed by atoms with Crippen molar-refractivity contribution in [1.82, 2.24) is 14.3 Å². The van der Waals surface area contributed by atoms with Crippen LogP contribution in [0.25, 0.3) is 0 Å². The second-order valence-electron chi connectivity index (χ2n) is 4.41. The summed E-state index contributed by atoms with van der Waals surface area (Å²) in [5.41, 5.74) is 3.68. The number of hydrogen-bond donors (Lipinski definition) is 0. The second-order valence-corrected chi connectivity index (χ2v) is 4.68. The van der Waals surface area contributed by atoms with Crippen molar-refractivity contribution < 1.29 is 4.79 Å². The summed E-state index contributed by atoms with van der Waals surface area (Å²) in [5.74, 6) is -0.00881.